The summed E-state index contributed by atoms with van der Waals surface area (Å²) >= 11 is 6.11. The Morgan fingerprint density at radius 1 is 1.14 bits per heavy atom. The van der Waals surface area contributed by atoms with E-state index in [4.69, 9.17) is 16.3 Å². The molecule has 264 valence electrons. The standard InChI is InChI=1S/C32H33ClF3N9O5/c1-5-20-27(43-8-9-44(22-14-50-13-21(22)43)31(49)26-28(47)16(2)38-15-39-26)29(48)25-30(37-11-23(41-25)42(3)4)45(20)12-24(46)40-19-7-6-17(10-18(19)33)32(34,35)36/h6-7,10-11,15,21-22,47H,5,8-9,12-14H2,1-4H3,(H,40,46)/t21-,22+/m1/s1. The van der Waals surface area contributed by atoms with Crippen LogP contribution in [0.25, 0.3) is 11.2 Å². The van der Waals surface area contributed by atoms with Gasteiger partial charge in [-0.05, 0) is 31.5 Å². The molecule has 0 bridgehead atoms. The number of hydrogen-bond donors (Lipinski definition) is 2. The average Bonchev–Trinajstić information content (AvgIpc) is 3.57. The smallest absolute Gasteiger partial charge is 0.416 e. The number of fused-ring (bicyclic) bond motifs is 2. The van der Waals surface area contributed by atoms with Crippen molar-refractivity contribution in [3.63, 3.8) is 0 Å². The molecule has 0 spiro atoms. The van der Waals surface area contributed by atoms with E-state index in [9.17, 15) is 32.7 Å². The van der Waals surface area contributed by atoms with E-state index in [2.05, 4.69) is 25.3 Å². The lowest BCUT2D eigenvalue weighted by atomic mass is 10.0. The van der Waals surface area contributed by atoms with Gasteiger partial charge >= 0.3 is 6.18 Å². The largest absolute Gasteiger partial charge is 0.504 e. The lowest BCUT2D eigenvalue weighted by Gasteiger charge is -2.45. The number of piperazine rings is 1. The molecule has 0 saturated carbocycles. The quantitative estimate of drug-likeness (QED) is 0.289. The molecule has 2 aliphatic rings. The highest BCUT2D eigenvalue weighted by molar-refractivity contribution is 6.33. The zero-order chi connectivity index (χ0) is 36.1. The van der Waals surface area contributed by atoms with Gasteiger partial charge in [0.2, 0.25) is 11.3 Å². The van der Waals surface area contributed by atoms with Crippen molar-refractivity contribution in [3.05, 3.63) is 68.6 Å². The van der Waals surface area contributed by atoms with E-state index < -0.39 is 41.1 Å². The maximum Gasteiger partial charge on any atom is 0.416 e. The molecule has 2 N–H and O–H groups in total. The molecule has 50 heavy (non-hydrogen) atoms. The highest BCUT2D eigenvalue weighted by atomic mass is 35.5. The van der Waals surface area contributed by atoms with Crippen molar-refractivity contribution >= 4 is 51.8 Å². The number of pyridine rings is 1. The van der Waals surface area contributed by atoms with E-state index in [0.29, 0.717) is 11.5 Å². The maximum atomic E-state index is 14.4. The fourth-order valence-corrected chi connectivity index (χ4v) is 6.58. The molecule has 6 rings (SSSR count). The number of carbonyl (C=O) groups excluding carboxylic acids is 2. The van der Waals surface area contributed by atoms with Crippen molar-refractivity contribution < 1.29 is 32.6 Å². The number of benzene rings is 1. The molecule has 5 heterocycles. The van der Waals surface area contributed by atoms with Crippen molar-refractivity contribution in [2.45, 2.75) is 45.1 Å². The van der Waals surface area contributed by atoms with Crippen LogP contribution in [0.1, 0.15) is 34.4 Å². The van der Waals surface area contributed by atoms with Crippen LogP contribution in [0.4, 0.5) is 30.4 Å². The minimum Gasteiger partial charge on any atom is -0.504 e. The summed E-state index contributed by atoms with van der Waals surface area (Å²) < 4.78 is 47.0. The van der Waals surface area contributed by atoms with Crippen LogP contribution in [-0.4, -0.2) is 98.8 Å². The van der Waals surface area contributed by atoms with Crippen LogP contribution in [0, 0.1) is 6.92 Å². The van der Waals surface area contributed by atoms with Gasteiger partial charge in [0, 0.05) is 32.9 Å². The Balaban J connectivity index is 1.40. The number of ether oxygens (including phenoxy) is 1. The Morgan fingerprint density at radius 2 is 1.88 bits per heavy atom. The summed E-state index contributed by atoms with van der Waals surface area (Å²) in [6.45, 7) is 3.70. The summed E-state index contributed by atoms with van der Waals surface area (Å²) in [4.78, 5) is 63.8. The summed E-state index contributed by atoms with van der Waals surface area (Å²) in [6.07, 6.45) is -1.66. The summed E-state index contributed by atoms with van der Waals surface area (Å²) in [7, 11) is 3.48. The Kier molecular flexibility index (Phi) is 9.30. The molecular weight excluding hydrogens is 683 g/mol. The van der Waals surface area contributed by atoms with Crippen LogP contribution in [0.3, 0.4) is 0 Å². The first-order valence-corrected chi connectivity index (χ1v) is 16.0. The third-order valence-corrected chi connectivity index (χ3v) is 9.16. The van der Waals surface area contributed by atoms with Crippen LogP contribution in [0.15, 0.2) is 35.5 Å². The van der Waals surface area contributed by atoms with E-state index in [1.165, 1.54) is 12.5 Å². The number of anilines is 3. The van der Waals surface area contributed by atoms with Crippen LogP contribution in [-0.2, 0) is 28.7 Å². The first-order chi connectivity index (χ1) is 23.7. The molecule has 0 unspecified atom stereocenters. The van der Waals surface area contributed by atoms with Crippen LogP contribution >= 0.6 is 11.6 Å². The predicted octanol–water partition coefficient (Wildman–Crippen LogP) is 3.26. The van der Waals surface area contributed by atoms with Crippen molar-refractivity contribution in [3.8, 4) is 5.75 Å². The van der Waals surface area contributed by atoms with Gasteiger partial charge < -0.3 is 34.4 Å². The fraction of sp³-hybridized carbons (Fsp3) is 0.406. The molecule has 18 heteroatoms. The predicted molar refractivity (Wildman–Crippen MR) is 178 cm³/mol. The van der Waals surface area contributed by atoms with Crippen LogP contribution < -0.4 is 20.5 Å². The van der Waals surface area contributed by atoms with Gasteiger partial charge in [-0.25, -0.2) is 19.9 Å². The number of halogens is 4. The lowest BCUT2D eigenvalue weighted by Crippen LogP contribution is -2.62. The number of aromatic nitrogens is 5. The minimum atomic E-state index is -4.61. The van der Waals surface area contributed by atoms with E-state index in [-0.39, 0.29) is 84.0 Å². The molecule has 14 nitrogen and oxygen atoms in total. The first-order valence-electron chi connectivity index (χ1n) is 15.6. The second kappa shape index (κ2) is 13.4. The Labute approximate surface area is 288 Å². The zero-order valence-electron chi connectivity index (χ0n) is 27.5. The third kappa shape index (κ3) is 6.26. The van der Waals surface area contributed by atoms with Gasteiger partial charge in [0.25, 0.3) is 5.91 Å². The Bertz CT molecular complexity index is 2060. The van der Waals surface area contributed by atoms with Gasteiger partial charge in [-0.3, -0.25) is 14.4 Å². The second-order valence-corrected chi connectivity index (χ2v) is 12.5. The molecule has 4 aromatic rings. The highest BCUT2D eigenvalue weighted by Gasteiger charge is 2.45. The van der Waals surface area contributed by atoms with E-state index in [0.717, 1.165) is 18.2 Å². The maximum absolute atomic E-state index is 14.4. The van der Waals surface area contributed by atoms with Crippen molar-refractivity contribution in [2.24, 2.45) is 0 Å². The summed E-state index contributed by atoms with van der Waals surface area (Å²) in [5, 5.41) is 12.8. The van der Waals surface area contributed by atoms with Crippen molar-refractivity contribution in [1.29, 1.82) is 0 Å². The minimum absolute atomic E-state index is 0.000818. The number of alkyl halides is 3. The molecule has 2 fully saturated rings. The van der Waals surface area contributed by atoms with Crippen molar-refractivity contribution in [2.75, 3.05) is 55.5 Å². The van der Waals surface area contributed by atoms with Gasteiger partial charge in [-0.2, -0.15) is 13.2 Å². The van der Waals surface area contributed by atoms with E-state index in [1.807, 2.05) is 11.8 Å². The molecule has 2 saturated heterocycles. The normalized spacial score (nSPS) is 17.6. The molecule has 0 aliphatic carbocycles. The molecule has 1 aromatic carbocycles. The number of nitrogens with zero attached hydrogens (tertiary/aromatic N) is 8. The van der Waals surface area contributed by atoms with Gasteiger partial charge in [0.15, 0.2) is 22.6 Å². The zero-order valence-corrected chi connectivity index (χ0v) is 28.2. The SMILES string of the molecule is CCc1c(N2CCN(C(=O)c3ncnc(C)c3O)[C@H]3COC[C@H]32)c(=O)c2nc(N(C)C)cnc2n1CC(=O)Nc1ccc(C(F)(F)F)cc1Cl. The number of hydrogen-bond acceptors (Lipinski definition) is 11. The number of nitrogens with one attached hydrogen (secondary N) is 1. The third-order valence-electron chi connectivity index (χ3n) is 8.85. The first kappa shape index (κ1) is 34.8. The van der Waals surface area contributed by atoms with Gasteiger partial charge in [0.05, 0.1) is 53.5 Å². The summed E-state index contributed by atoms with van der Waals surface area (Å²) in [6, 6.07) is 1.63. The molecule has 2 aliphatic heterocycles. The number of aryl methyl sites for hydroxylation is 1. The van der Waals surface area contributed by atoms with Gasteiger partial charge in [0.1, 0.15) is 24.4 Å². The molecule has 2 atom stereocenters. The summed E-state index contributed by atoms with van der Waals surface area (Å²) in [5.41, 5.74) is -0.432. The van der Waals surface area contributed by atoms with Crippen molar-refractivity contribution in [1.82, 2.24) is 29.4 Å². The number of amides is 2. The molecular formula is C32H33ClF3N9O5. The van der Waals surface area contributed by atoms with E-state index in [1.54, 1.807) is 35.4 Å². The fourth-order valence-electron chi connectivity index (χ4n) is 6.35. The van der Waals surface area contributed by atoms with E-state index >= 15 is 0 Å². The van der Waals surface area contributed by atoms with Gasteiger partial charge in [-0.1, -0.05) is 18.5 Å². The molecule has 0 radical (unpaired) electrons. The van der Waals surface area contributed by atoms with Crippen LogP contribution in [0.2, 0.25) is 5.02 Å². The Morgan fingerprint density at radius 3 is 2.56 bits per heavy atom. The number of rotatable bonds is 7. The topological polar surface area (TPSA) is 159 Å². The second-order valence-electron chi connectivity index (χ2n) is 12.1. The highest BCUT2D eigenvalue weighted by Crippen LogP contribution is 2.35. The summed E-state index contributed by atoms with van der Waals surface area (Å²) in [5.74, 6) is -1.05. The average molecular weight is 716 g/mol. The molecule has 2 amide bonds. The lowest BCUT2D eigenvalue weighted by molar-refractivity contribution is -0.137. The van der Waals surface area contributed by atoms with Crippen LogP contribution in [0.5, 0.6) is 5.75 Å². The molecule has 3 aromatic heterocycles. The number of aromatic hydroxyl groups is 1. The van der Waals surface area contributed by atoms with Gasteiger partial charge in [-0.15, -0.1) is 0 Å². The monoisotopic (exact) mass is 715 g/mol. The Hall–Kier alpha value is -5.03. The number of carbonyl (C=O) groups is 2.